The van der Waals surface area contributed by atoms with Crippen molar-refractivity contribution in [2.24, 2.45) is 0 Å². The second kappa shape index (κ2) is 4.61. The first-order chi connectivity index (χ1) is 9.20. The highest BCUT2D eigenvalue weighted by Gasteiger charge is 2.23. The van der Waals surface area contributed by atoms with E-state index in [2.05, 4.69) is 36.2 Å². The van der Waals surface area contributed by atoms with E-state index in [1.807, 2.05) is 0 Å². The van der Waals surface area contributed by atoms with Gasteiger partial charge in [-0.25, -0.2) is 9.66 Å². The van der Waals surface area contributed by atoms with E-state index in [9.17, 15) is 0 Å². The molecular weight excluding hydrogens is 236 g/mol. The average molecular weight is 256 g/mol. The molecule has 0 saturated heterocycles. The molecule has 0 unspecified atom stereocenters. The molecule has 0 aliphatic heterocycles. The lowest BCUT2D eigenvalue weighted by atomic mass is 10.1. The highest BCUT2D eigenvalue weighted by molar-refractivity contribution is 5.71. The first-order valence-corrected chi connectivity index (χ1v) is 6.93. The van der Waals surface area contributed by atoms with Gasteiger partial charge in [-0.1, -0.05) is 31.2 Å². The Bertz CT molecular complexity index is 579. The molecular formula is C15H20N4. The van der Waals surface area contributed by atoms with Crippen LogP contribution in [0.2, 0.25) is 0 Å². The van der Waals surface area contributed by atoms with Crippen LogP contribution in [0, 0.1) is 0 Å². The number of nitrogens with zero attached hydrogens (tertiary/aromatic N) is 2. The predicted octanol–water partition coefficient (Wildman–Crippen LogP) is 2.68. The second-order valence-corrected chi connectivity index (χ2v) is 5.28. The zero-order chi connectivity index (χ0) is 13.4. The van der Waals surface area contributed by atoms with Gasteiger partial charge in [0.15, 0.2) is 5.82 Å². The Morgan fingerprint density at radius 1 is 1.26 bits per heavy atom. The maximum atomic E-state index is 6.05. The van der Waals surface area contributed by atoms with Crippen LogP contribution in [0.1, 0.15) is 43.5 Å². The zero-order valence-corrected chi connectivity index (χ0v) is 11.3. The zero-order valence-electron chi connectivity index (χ0n) is 11.3. The Morgan fingerprint density at radius 3 is 2.53 bits per heavy atom. The van der Waals surface area contributed by atoms with Gasteiger partial charge in [-0.05, 0) is 30.7 Å². The molecule has 3 rings (SSSR count). The fraction of sp³-hybridized carbons (Fsp3) is 0.400. The predicted molar refractivity (Wildman–Crippen MR) is 78.2 cm³/mol. The molecule has 1 heterocycles. The van der Waals surface area contributed by atoms with Crippen LogP contribution < -0.4 is 11.6 Å². The molecule has 1 fully saturated rings. The van der Waals surface area contributed by atoms with Gasteiger partial charge in [0.25, 0.3) is 0 Å². The van der Waals surface area contributed by atoms with E-state index < -0.39 is 0 Å². The minimum atomic E-state index is 0.544. The number of imidazole rings is 1. The van der Waals surface area contributed by atoms with Gasteiger partial charge in [0.1, 0.15) is 11.5 Å². The molecule has 0 amide bonds. The number of rotatable bonds is 4. The molecule has 1 aromatic heterocycles. The Balaban J connectivity index is 1.94. The van der Waals surface area contributed by atoms with Crippen LogP contribution in [-0.4, -0.2) is 9.66 Å². The Labute approximate surface area is 113 Å². The van der Waals surface area contributed by atoms with Crippen molar-refractivity contribution in [1.82, 2.24) is 9.66 Å². The number of nitrogens with two attached hydrogens (primary N) is 2. The van der Waals surface area contributed by atoms with Crippen LogP contribution in [0.3, 0.4) is 0 Å². The van der Waals surface area contributed by atoms with Gasteiger partial charge >= 0.3 is 0 Å². The summed E-state index contributed by atoms with van der Waals surface area (Å²) < 4.78 is 1.51. The fourth-order valence-electron chi connectivity index (χ4n) is 2.44. The molecule has 4 heteroatoms. The molecule has 19 heavy (non-hydrogen) atoms. The summed E-state index contributed by atoms with van der Waals surface area (Å²) in [7, 11) is 0. The lowest BCUT2D eigenvalue weighted by Gasteiger charge is -2.02. The van der Waals surface area contributed by atoms with Crippen LogP contribution in [0.25, 0.3) is 11.3 Å². The molecule has 0 atom stereocenters. The Kier molecular flexibility index (Phi) is 2.93. The molecule has 1 aliphatic carbocycles. The number of hydrogen-bond acceptors (Lipinski definition) is 3. The third-order valence-electron chi connectivity index (χ3n) is 3.73. The van der Waals surface area contributed by atoms with Crippen LogP contribution in [-0.2, 0) is 6.42 Å². The van der Waals surface area contributed by atoms with Gasteiger partial charge in [0.05, 0.1) is 0 Å². The minimum Gasteiger partial charge on any atom is -0.382 e. The molecule has 4 nitrogen and oxygen atoms in total. The lowest BCUT2D eigenvalue weighted by molar-refractivity contribution is 0.794. The molecule has 4 N–H and O–H groups in total. The van der Waals surface area contributed by atoms with E-state index in [1.54, 1.807) is 0 Å². The van der Waals surface area contributed by atoms with Gasteiger partial charge in [-0.2, -0.15) is 0 Å². The summed E-state index contributed by atoms with van der Waals surface area (Å²) in [6.45, 7) is 2.11. The van der Waals surface area contributed by atoms with Crippen molar-refractivity contribution in [2.45, 2.75) is 38.5 Å². The Morgan fingerprint density at radius 2 is 1.95 bits per heavy atom. The standard InChI is InChI=1S/C15H20N4/c1-2-3-13-18-14(15(16)19(13)17)12-8-6-11(7-9-12)10-4-5-10/h6-10H,2-5,16-17H2,1H3. The molecule has 0 spiro atoms. The molecule has 1 saturated carbocycles. The van der Waals surface area contributed by atoms with Crippen molar-refractivity contribution in [3.63, 3.8) is 0 Å². The summed E-state index contributed by atoms with van der Waals surface area (Å²) in [6.07, 6.45) is 4.49. The number of benzene rings is 1. The van der Waals surface area contributed by atoms with E-state index in [4.69, 9.17) is 11.6 Å². The first kappa shape index (κ1) is 12.1. The highest BCUT2D eigenvalue weighted by atomic mass is 15.4. The summed E-state index contributed by atoms with van der Waals surface area (Å²) >= 11 is 0. The van der Waals surface area contributed by atoms with Crippen molar-refractivity contribution in [1.29, 1.82) is 0 Å². The number of aryl methyl sites for hydroxylation is 1. The first-order valence-electron chi connectivity index (χ1n) is 6.93. The largest absolute Gasteiger partial charge is 0.382 e. The fourth-order valence-corrected chi connectivity index (χ4v) is 2.44. The normalized spacial score (nSPS) is 14.8. The molecule has 2 aromatic rings. The molecule has 1 aliphatic rings. The summed E-state index contributed by atoms with van der Waals surface area (Å²) in [4.78, 5) is 4.57. The SMILES string of the molecule is CCCc1nc(-c2ccc(C3CC3)cc2)c(N)n1N. The van der Waals surface area contributed by atoms with E-state index in [-0.39, 0.29) is 0 Å². The van der Waals surface area contributed by atoms with E-state index >= 15 is 0 Å². The van der Waals surface area contributed by atoms with Crippen LogP contribution in [0.4, 0.5) is 5.82 Å². The molecule has 0 bridgehead atoms. The average Bonchev–Trinajstić information content (AvgIpc) is 3.23. The van der Waals surface area contributed by atoms with Crippen molar-refractivity contribution in [3.05, 3.63) is 35.7 Å². The minimum absolute atomic E-state index is 0.544. The molecule has 1 aromatic carbocycles. The van der Waals surface area contributed by atoms with E-state index in [0.29, 0.717) is 5.82 Å². The van der Waals surface area contributed by atoms with Gasteiger partial charge in [-0.15, -0.1) is 0 Å². The quantitative estimate of drug-likeness (QED) is 0.826. The maximum Gasteiger partial charge on any atom is 0.150 e. The number of nitrogen functional groups attached to an aromatic ring is 2. The maximum absolute atomic E-state index is 6.05. The van der Waals surface area contributed by atoms with Crippen LogP contribution in [0.15, 0.2) is 24.3 Å². The van der Waals surface area contributed by atoms with E-state index in [0.717, 1.165) is 35.8 Å². The summed E-state index contributed by atoms with van der Waals surface area (Å²) in [5.41, 5.74) is 9.32. The summed E-state index contributed by atoms with van der Waals surface area (Å²) in [6, 6.07) is 8.56. The second-order valence-electron chi connectivity index (χ2n) is 5.28. The van der Waals surface area contributed by atoms with Gasteiger partial charge in [-0.3, -0.25) is 0 Å². The van der Waals surface area contributed by atoms with Crippen molar-refractivity contribution >= 4 is 5.82 Å². The van der Waals surface area contributed by atoms with Crippen molar-refractivity contribution < 1.29 is 0 Å². The van der Waals surface area contributed by atoms with Gasteiger partial charge in [0.2, 0.25) is 0 Å². The van der Waals surface area contributed by atoms with Crippen LogP contribution >= 0.6 is 0 Å². The number of anilines is 1. The summed E-state index contributed by atoms with van der Waals surface area (Å²) in [5.74, 6) is 8.11. The smallest absolute Gasteiger partial charge is 0.150 e. The topological polar surface area (TPSA) is 69.9 Å². The van der Waals surface area contributed by atoms with E-state index in [1.165, 1.54) is 23.1 Å². The van der Waals surface area contributed by atoms with Gasteiger partial charge < -0.3 is 11.6 Å². The lowest BCUT2D eigenvalue weighted by Crippen LogP contribution is -2.15. The summed E-state index contributed by atoms with van der Waals surface area (Å²) in [5, 5.41) is 0. The van der Waals surface area contributed by atoms with Gasteiger partial charge in [0, 0.05) is 12.0 Å². The molecule has 100 valence electrons. The monoisotopic (exact) mass is 256 g/mol. The number of hydrogen-bond donors (Lipinski definition) is 2. The Hall–Kier alpha value is -1.97. The number of aromatic nitrogens is 2. The highest BCUT2D eigenvalue weighted by Crippen LogP contribution is 2.40. The van der Waals surface area contributed by atoms with Crippen molar-refractivity contribution in [2.75, 3.05) is 11.6 Å². The van der Waals surface area contributed by atoms with Crippen molar-refractivity contribution in [3.8, 4) is 11.3 Å². The molecule has 0 radical (unpaired) electrons. The third-order valence-corrected chi connectivity index (χ3v) is 3.73. The third kappa shape index (κ3) is 2.18. The van der Waals surface area contributed by atoms with Crippen LogP contribution in [0.5, 0.6) is 0 Å².